The molecule has 0 fully saturated rings. The van der Waals surface area contributed by atoms with Crippen LogP contribution in [-0.2, 0) is 4.79 Å². The average Bonchev–Trinajstić information content (AvgIpc) is 2.73. The smallest absolute Gasteiger partial charge is 0.165 e. The van der Waals surface area contributed by atoms with Crippen molar-refractivity contribution in [2.24, 2.45) is 5.73 Å². The van der Waals surface area contributed by atoms with Crippen LogP contribution < -0.4 is 10.5 Å². The molecule has 0 aliphatic rings. The highest BCUT2D eigenvalue weighted by atomic mass is 19.1. The molecule has 6 heteroatoms. The van der Waals surface area contributed by atoms with Crippen LogP contribution in [-0.4, -0.2) is 23.1 Å². The summed E-state index contributed by atoms with van der Waals surface area (Å²) >= 11 is 0. The summed E-state index contributed by atoms with van der Waals surface area (Å²) in [7, 11) is 0. The van der Waals surface area contributed by atoms with E-state index < -0.39 is 5.82 Å². The molecule has 17 heavy (non-hydrogen) atoms. The van der Waals surface area contributed by atoms with Crippen molar-refractivity contribution in [3.63, 3.8) is 0 Å². The van der Waals surface area contributed by atoms with Crippen molar-refractivity contribution in [3.05, 3.63) is 35.9 Å². The Morgan fingerprint density at radius 3 is 3.18 bits per heavy atom. The molecule has 1 heterocycles. The van der Waals surface area contributed by atoms with Gasteiger partial charge in [-0.1, -0.05) is 0 Å². The topological polar surface area (TPSA) is 81.0 Å². The van der Waals surface area contributed by atoms with Gasteiger partial charge in [0.25, 0.3) is 0 Å². The van der Waals surface area contributed by atoms with Crippen molar-refractivity contribution in [1.82, 2.24) is 10.2 Å². The van der Waals surface area contributed by atoms with Crippen LogP contribution in [0.1, 0.15) is 0 Å². The number of nitrogens with two attached hydrogens (primary N) is 1. The number of H-pyrrole nitrogens is 1. The summed E-state index contributed by atoms with van der Waals surface area (Å²) in [6.45, 7) is -0.0463. The standard InChI is InChI=1S/C11H10FN3O2/c12-9-3-7-5-14-15-10(7)4-11(9)17-6-8(13)1-2-16/h1-5H,6,13H2,(H,14,15)/b8-1-. The van der Waals surface area contributed by atoms with Crippen LogP contribution >= 0.6 is 0 Å². The van der Waals surface area contributed by atoms with Gasteiger partial charge in [0.2, 0.25) is 0 Å². The summed E-state index contributed by atoms with van der Waals surface area (Å²) < 4.78 is 18.7. The van der Waals surface area contributed by atoms with Crippen molar-refractivity contribution in [2.45, 2.75) is 0 Å². The Morgan fingerprint density at radius 2 is 2.41 bits per heavy atom. The van der Waals surface area contributed by atoms with E-state index >= 15 is 0 Å². The van der Waals surface area contributed by atoms with Gasteiger partial charge in [0.15, 0.2) is 11.6 Å². The number of ether oxygens (including phenoxy) is 1. The molecule has 1 aromatic carbocycles. The Morgan fingerprint density at radius 1 is 1.59 bits per heavy atom. The molecule has 0 radical (unpaired) electrons. The molecule has 0 bridgehead atoms. The molecule has 1 aromatic heterocycles. The first-order valence-electron chi connectivity index (χ1n) is 4.86. The fourth-order valence-electron chi connectivity index (χ4n) is 1.35. The number of nitrogens with one attached hydrogen (secondary N) is 1. The van der Waals surface area contributed by atoms with E-state index in [1.54, 1.807) is 0 Å². The number of fused-ring (bicyclic) bond motifs is 1. The number of allylic oxidation sites excluding steroid dienone is 1. The molecular formula is C11H10FN3O2. The minimum Gasteiger partial charge on any atom is -0.484 e. The maximum Gasteiger partial charge on any atom is 0.165 e. The van der Waals surface area contributed by atoms with Crippen LogP contribution in [0.2, 0.25) is 0 Å². The van der Waals surface area contributed by atoms with Gasteiger partial charge in [-0.05, 0) is 6.07 Å². The Balaban J connectivity index is 2.20. The van der Waals surface area contributed by atoms with Gasteiger partial charge in [-0.25, -0.2) is 4.39 Å². The van der Waals surface area contributed by atoms with Crippen LogP contribution in [0.5, 0.6) is 5.75 Å². The number of carbonyl (C=O) groups excluding carboxylic acids is 1. The summed E-state index contributed by atoms with van der Waals surface area (Å²) in [5, 5.41) is 7.14. The number of halogens is 1. The SMILES string of the molecule is N/C(=C\C=O)COc1cc2[nH]ncc2cc1F. The highest BCUT2D eigenvalue weighted by Gasteiger charge is 2.07. The van der Waals surface area contributed by atoms with Gasteiger partial charge in [0, 0.05) is 23.2 Å². The number of aromatic amines is 1. The molecule has 0 aliphatic heterocycles. The summed E-state index contributed by atoms with van der Waals surface area (Å²) in [5.74, 6) is -0.443. The lowest BCUT2D eigenvalue weighted by molar-refractivity contribution is -0.104. The molecule has 0 amide bonds. The zero-order valence-electron chi connectivity index (χ0n) is 8.81. The summed E-state index contributed by atoms with van der Waals surface area (Å²) in [6, 6.07) is 2.81. The first-order valence-corrected chi connectivity index (χ1v) is 4.86. The first-order chi connectivity index (χ1) is 8.20. The summed E-state index contributed by atoms with van der Waals surface area (Å²) in [4.78, 5) is 10.1. The molecule has 0 unspecified atom stereocenters. The number of rotatable bonds is 4. The Hall–Kier alpha value is -2.37. The zero-order valence-corrected chi connectivity index (χ0v) is 8.81. The number of aromatic nitrogens is 2. The Kier molecular flexibility index (Phi) is 3.04. The van der Waals surface area contributed by atoms with Crippen molar-refractivity contribution in [3.8, 4) is 5.75 Å². The molecule has 0 saturated carbocycles. The van der Waals surface area contributed by atoms with Gasteiger partial charge in [-0.15, -0.1) is 0 Å². The quantitative estimate of drug-likeness (QED) is 0.614. The first kappa shape index (κ1) is 11.1. The van der Waals surface area contributed by atoms with Gasteiger partial charge in [0.05, 0.1) is 11.7 Å². The number of aldehydes is 1. The van der Waals surface area contributed by atoms with E-state index in [1.165, 1.54) is 18.3 Å². The number of nitrogens with zero attached hydrogens (tertiary/aromatic N) is 1. The van der Waals surface area contributed by atoms with Crippen molar-refractivity contribution in [2.75, 3.05) is 6.61 Å². The van der Waals surface area contributed by atoms with Crippen molar-refractivity contribution in [1.29, 1.82) is 0 Å². The van der Waals surface area contributed by atoms with E-state index in [1.807, 2.05) is 0 Å². The van der Waals surface area contributed by atoms with E-state index in [9.17, 15) is 9.18 Å². The summed E-state index contributed by atoms with van der Waals surface area (Å²) in [6.07, 6.45) is 3.22. The number of carbonyl (C=O) groups is 1. The lowest BCUT2D eigenvalue weighted by Gasteiger charge is -2.06. The third kappa shape index (κ3) is 2.41. The predicted octanol–water partition coefficient (Wildman–Crippen LogP) is 1.12. The lowest BCUT2D eigenvalue weighted by Crippen LogP contribution is -2.10. The minimum absolute atomic E-state index is 0.0463. The molecule has 5 nitrogen and oxygen atoms in total. The molecular weight excluding hydrogens is 225 g/mol. The second-order valence-corrected chi connectivity index (χ2v) is 3.41. The highest BCUT2D eigenvalue weighted by Crippen LogP contribution is 2.23. The monoisotopic (exact) mass is 235 g/mol. The Bertz CT molecular complexity index is 577. The van der Waals surface area contributed by atoms with Gasteiger partial charge in [0.1, 0.15) is 12.9 Å². The van der Waals surface area contributed by atoms with Crippen LogP contribution in [0, 0.1) is 5.82 Å². The summed E-state index contributed by atoms with van der Waals surface area (Å²) in [5.41, 5.74) is 6.33. The second kappa shape index (κ2) is 4.65. The third-order valence-electron chi connectivity index (χ3n) is 2.17. The zero-order chi connectivity index (χ0) is 12.3. The molecule has 0 atom stereocenters. The van der Waals surface area contributed by atoms with Gasteiger partial charge in [-0.2, -0.15) is 5.10 Å². The average molecular weight is 235 g/mol. The number of hydrogen-bond donors (Lipinski definition) is 2. The fraction of sp³-hybridized carbons (Fsp3) is 0.0909. The number of benzene rings is 1. The molecule has 2 rings (SSSR count). The van der Waals surface area contributed by atoms with E-state index in [2.05, 4.69) is 10.2 Å². The molecule has 0 spiro atoms. The van der Waals surface area contributed by atoms with Gasteiger partial charge >= 0.3 is 0 Å². The van der Waals surface area contributed by atoms with E-state index in [0.29, 0.717) is 17.2 Å². The molecule has 0 saturated heterocycles. The predicted molar refractivity (Wildman–Crippen MR) is 59.9 cm³/mol. The molecule has 88 valence electrons. The second-order valence-electron chi connectivity index (χ2n) is 3.41. The van der Waals surface area contributed by atoms with Crippen molar-refractivity contribution < 1.29 is 13.9 Å². The minimum atomic E-state index is -0.502. The van der Waals surface area contributed by atoms with Crippen molar-refractivity contribution >= 4 is 17.2 Å². The fourth-order valence-corrected chi connectivity index (χ4v) is 1.35. The van der Waals surface area contributed by atoms with E-state index in [0.717, 1.165) is 6.08 Å². The Labute approximate surface area is 96.1 Å². The van der Waals surface area contributed by atoms with Gasteiger partial charge in [-0.3, -0.25) is 9.89 Å². The maximum atomic E-state index is 13.5. The largest absolute Gasteiger partial charge is 0.484 e. The van der Waals surface area contributed by atoms with Crippen LogP contribution in [0.3, 0.4) is 0 Å². The van der Waals surface area contributed by atoms with Crippen LogP contribution in [0.15, 0.2) is 30.1 Å². The van der Waals surface area contributed by atoms with E-state index in [4.69, 9.17) is 10.5 Å². The van der Waals surface area contributed by atoms with Gasteiger partial charge < -0.3 is 10.5 Å². The van der Waals surface area contributed by atoms with Crippen LogP contribution in [0.25, 0.3) is 10.9 Å². The highest BCUT2D eigenvalue weighted by molar-refractivity contribution is 5.79. The number of hydrogen-bond acceptors (Lipinski definition) is 4. The third-order valence-corrected chi connectivity index (χ3v) is 2.17. The lowest BCUT2D eigenvalue weighted by atomic mass is 10.2. The molecule has 0 aliphatic carbocycles. The molecule has 2 aromatic rings. The normalized spacial score (nSPS) is 11.7. The molecule has 3 N–H and O–H groups in total. The maximum absolute atomic E-state index is 13.5. The van der Waals surface area contributed by atoms with Crippen LogP contribution in [0.4, 0.5) is 4.39 Å². The van der Waals surface area contributed by atoms with E-state index in [-0.39, 0.29) is 18.1 Å².